The molecule has 0 aliphatic heterocycles. The third kappa shape index (κ3) is 7.75. The highest BCUT2D eigenvalue weighted by atomic mass is 35.5. The van der Waals surface area contributed by atoms with Crippen molar-refractivity contribution in [2.75, 3.05) is 6.61 Å². The molecule has 0 aliphatic carbocycles. The van der Waals surface area contributed by atoms with Crippen molar-refractivity contribution in [3.63, 3.8) is 0 Å². The lowest BCUT2D eigenvalue weighted by molar-refractivity contribution is -0.123. The predicted octanol–water partition coefficient (Wildman–Crippen LogP) is 3.92. The molecule has 0 saturated heterocycles. The van der Waals surface area contributed by atoms with E-state index in [2.05, 4.69) is 22.2 Å². The van der Waals surface area contributed by atoms with Crippen LogP contribution in [0.4, 0.5) is 13.2 Å². The van der Waals surface area contributed by atoms with Crippen LogP contribution in [-0.2, 0) is 16.1 Å². The Morgan fingerprint density at radius 3 is 2.57 bits per heavy atom. The number of nitrogens with zero attached hydrogens (tertiary/aromatic N) is 1. The van der Waals surface area contributed by atoms with Crippen LogP contribution in [0.1, 0.15) is 30.5 Å². The molecule has 0 radical (unpaired) electrons. The average Bonchev–Trinajstić information content (AvgIpc) is 2.72. The van der Waals surface area contributed by atoms with Crippen LogP contribution >= 0.6 is 11.6 Å². The number of halogens is 4. The summed E-state index contributed by atoms with van der Waals surface area (Å²) in [6.45, 7) is 3.38. The van der Waals surface area contributed by atoms with Gasteiger partial charge in [0.25, 0.3) is 12.3 Å². The normalized spacial score (nSPS) is 10.6. The lowest BCUT2D eigenvalue weighted by Crippen LogP contribution is -2.29. The number of allylic oxidation sites excluding steroid dienone is 1. The van der Waals surface area contributed by atoms with Crippen molar-refractivity contribution in [3.05, 3.63) is 70.9 Å². The largest absolute Gasteiger partial charge is 0.484 e. The maximum atomic E-state index is 13.3. The fourth-order valence-electron chi connectivity index (χ4n) is 2.22. The van der Waals surface area contributed by atoms with Crippen molar-refractivity contribution in [1.82, 2.24) is 15.6 Å². The van der Waals surface area contributed by atoms with Gasteiger partial charge in [0.2, 0.25) is 5.91 Å². The first-order valence-corrected chi connectivity index (χ1v) is 9.17. The summed E-state index contributed by atoms with van der Waals surface area (Å²) in [6.07, 6.45) is -1.30. The van der Waals surface area contributed by atoms with E-state index in [0.717, 1.165) is 12.3 Å². The quantitative estimate of drug-likeness (QED) is 0.585. The lowest BCUT2D eigenvalue weighted by Gasteiger charge is -2.10. The second-order valence-electron chi connectivity index (χ2n) is 6.18. The summed E-state index contributed by atoms with van der Waals surface area (Å²) in [5.74, 6) is -1.35. The maximum Gasteiger partial charge on any atom is 0.265 e. The molecule has 0 atom stereocenters. The summed E-state index contributed by atoms with van der Waals surface area (Å²) < 4.78 is 43.4. The van der Waals surface area contributed by atoms with E-state index in [-0.39, 0.29) is 48.2 Å². The molecule has 2 amide bonds. The highest BCUT2D eigenvalue weighted by Crippen LogP contribution is 2.20. The number of alkyl halides is 2. The predicted molar refractivity (Wildman–Crippen MR) is 104 cm³/mol. The van der Waals surface area contributed by atoms with Crippen LogP contribution < -0.4 is 15.4 Å². The maximum absolute atomic E-state index is 13.3. The highest BCUT2D eigenvalue weighted by Gasteiger charge is 2.10. The molecule has 160 valence electrons. The Morgan fingerprint density at radius 1 is 1.17 bits per heavy atom. The number of nitrogens with one attached hydrogen (secondary N) is 2. The number of amides is 2. The summed E-state index contributed by atoms with van der Waals surface area (Å²) in [6, 6.07) is 6.45. The Bertz CT molecular complexity index is 908. The average molecular weight is 442 g/mol. The zero-order valence-corrected chi connectivity index (χ0v) is 16.5. The number of pyridine rings is 1. The van der Waals surface area contributed by atoms with Gasteiger partial charge < -0.3 is 15.4 Å². The van der Waals surface area contributed by atoms with Gasteiger partial charge >= 0.3 is 0 Å². The molecule has 30 heavy (non-hydrogen) atoms. The van der Waals surface area contributed by atoms with Gasteiger partial charge in [-0.2, -0.15) is 0 Å². The van der Waals surface area contributed by atoms with E-state index in [9.17, 15) is 22.8 Å². The van der Waals surface area contributed by atoms with E-state index >= 15 is 0 Å². The molecule has 0 saturated carbocycles. The molecule has 0 fully saturated rings. The summed E-state index contributed by atoms with van der Waals surface area (Å²) in [4.78, 5) is 27.5. The van der Waals surface area contributed by atoms with Gasteiger partial charge in [0.1, 0.15) is 11.6 Å². The number of benzene rings is 1. The molecule has 10 heteroatoms. The van der Waals surface area contributed by atoms with Gasteiger partial charge in [-0.3, -0.25) is 14.6 Å². The van der Waals surface area contributed by atoms with Crippen molar-refractivity contribution in [1.29, 1.82) is 0 Å². The Kier molecular flexibility index (Phi) is 8.67. The first kappa shape index (κ1) is 23.2. The number of aromatic nitrogens is 1. The van der Waals surface area contributed by atoms with Crippen LogP contribution in [0.3, 0.4) is 0 Å². The minimum Gasteiger partial charge on any atom is -0.484 e. The monoisotopic (exact) mass is 441 g/mol. The lowest BCUT2D eigenvalue weighted by atomic mass is 10.2. The van der Waals surface area contributed by atoms with Crippen LogP contribution in [0, 0.1) is 5.82 Å². The second kappa shape index (κ2) is 11.2. The fourth-order valence-corrected chi connectivity index (χ4v) is 2.34. The van der Waals surface area contributed by atoms with E-state index in [1.807, 2.05) is 0 Å². The molecule has 2 rings (SSSR count). The van der Waals surface area contributed by atoms with E-state index < -0.39 is 18.1 Å². The van der Waals surface area contributed by atoms with Crippen LogP contribution in [0.2, 0.25) is 5.02 Å². The number of ether oxygens (including phenoxy) is 1. The van der Waals surface area contributed by atoms with E-state index in [1.165, 1.54) is 24.3 Å². The van der Waals surface area contributed by atoms with Crippen molar-refractivity contribution in [2.45, 2.75) is 25.8 Å². The first-order valence-electron chi connectivity index (χ1n) is 8.79. The first-order chi connectivity index (χ1) is 14.2. The molecule has 2 aromatic rings. The molecule has 1 heterocycles. The van der Waals surface area contributed by atoms with Crippen molar-refractivity contribution in [3.8, 4) is 5.75 Å². The SMILES string of the molecule is C=C(CCC(=O)NCc1ccc(C(F)F)cn1)NC(=O)COc1ccc(Cl)c(F)c1. The zero-order chi connectivity index (χ0) is 22.1. The van der Waals surface area contributed by atoms with Gasteiger partial charge in [-0.05, 0) is 30.7 Å². The molecule has 2 N–H and O–H groups in total. The van der Waals surface area contributed by atoms with Gasteiger partial charge in [0.05, 0.1) is 17.3 Å². The summed E-state index contributed by atoms with van der Waals surface area (Å²) in [7, 11) is 0. The molecule has 0 spiro atoms. The number of rotatable bonds is 10. The summed E-state index contributed by atoms with van der Waals surface area (Å²) in [5.41, 5.74) is 0.554. The molecule has 1 aromatic carbocycles. The van der Waals surface area contributed by atoms with Gasteiger partial charge in [0, 0.05) is 29.9 Å². The fraction of sp³-hybridized carbons (Fsp3) is 0.250. The Balaban J connectivity index is 1.65. The van der Waals surface area contributed by atoms with Crippen LogP contribution in [0.15, 0.2) is 48.8 Å². The molecule has 1 aromatic heterocycles. The van der Waals surface area contributed by atoms with E-state index in [4.69, 9.17) is 16.3 Å². The van der Waals surface area contributed by atoms with Crippen molar-refractivity contribution in [2.24, 2.45) is 0 Å². The molecule has 0 aliphatic rings. The van der Waals surface area contributed by atoms with Gasteiger partial charge in [0.15, 0.2) is 6.61 Å². The number of hydrogen-bond donors (Lipinski definition) is 2. The summed E-state index contributed by atoms with van der Waals surface area (Å²) >= 11 is 5.56. The Morgan fingerprint density at radius 2 is 1.93 bits per heavy atom. The van der Waals surface area contributed by atoms with Gasteiger partial charge in [-0.25, -0.2) is 13.2 Å². The van der Waals surface area contributed by atoms with Gasteiger partial charge in [-0.1, -0.05) is 18.2 Å². The Labute approximate surface area is 176 Å². The third-order valence-corrected chi connectivity index (χ3v) is 4.10. The molecule has 0 bridgehead atoms. The number of carbonyl (C=O) groups excluding carboxylic acids is 2. The van der Waals surface area contributed by atoms with Gasteiger partial charge in [-0.15, -0.1) is 0 Å². The smallest absolute Gasteiger partial charge is 0.265 e. The highest BCUT2D eigenvalue weighted by molar-refractivity contribution is 6.30. The molecule has 6 nitrogen and oxygen atoms in total. The molecular weight excluding hydrogens is 423 g/mol. The molecular formula is C20H19ClF3N3O3. The molecule has 0 unspecified atom stereocenters. The standard InChI is InChI=1S/C20H19ClF3N3O3/c1-12(27-19(29)11-30-15-5-6-16(21)17(22)8-15)2-7-18(28)26-10-14-4-3-13(9-25-14)20(23)24/h3-6,8-9,20H,1-2,7,10-11H2,(H,26,28)(H,27,29). The summed E-state index contributed by atoms with van der Waals surface area (Å²) in [5, 5.41) is 5.02. The Hall–Kier alpha value is -3.07. The third-order valence-electron chi connectivity index (χ3n) is 3.80. The topological polar surface area (TPSA) is 80.3 Å². The van der Waals surface area contributed by atoms with Crippen LogP contribution in [0.5, 0.6) is 5.75 Å². The van der Waals surface area contributed by atoms with Crippen molar-refractivity contribution < 1.29 is 27.5 Å². The van der Waals surface area contributed by atoms with Crippen LogP contribution in [0.25, 0.3) is 0 Å². The number of carbonyl (C=O) groups is 2. The van der Waals surface area contributed by atoms with E-state index in [1.54, 1.807) is 0 Å². The van der Waals surface area contributed by atoms with E-state index in [0.29, 0.717) is 11.4 Å². The minimum atomic E-state index is -2.60. The number of hydrogen-bond acceptors (Lipinski definition) is 4. The van der Waals surface area contributed by atoms with Crippen LogP contribution in [-0.4, -0.2) is 23.4 Å². The minimum absolute atomic E-state index is 0.0531. The zero-order valence-electron chi connectivity index (χ0n) is 15.8. The van der Waals surface area contributed by atoms with Crippen molar-refractivity contribution >= 4 is 23.4 Å². The second-order valence-corrected chi connectivity index (χ2v) is 6.58.